The summed E-state index contributed by atoms with van der Waals surface area (Å²) in [6, 6.07) is 37.1. The van der Waals surface area contributed by atoms with E-state index in [0.29, 0.717) is 0 Å². The molecule has 180 valence electrons. The molecule has 2 aliphatic heterocycles. The van der Waals surface area contributed by atoms with Gasteiger partial charge in [0.15, 0.2) is 0 Å². The maximum atomic E-state index is 13.3. The third-order valence-corrected chi connectivity index (χ3v) is 17.8. The third kappa shape index (κ3) is 3.07. The molecule has 2 aliphatic rings. The van der Waals surface area contributed by atoms with Crippen LogP contribution in [0.4, 0.5) is 0 Å². The van der Waals surface area contributed by atoms with E-state index in [1.807, 2.05) is 6.07 Å². The Labute approximate surface area is 219 Å². The van der Waals surface area contributed by atoms with Gasteiger partial charge in [0.1, 0.15) is 0 Å². The van der Waals surface area contributed by atoms with Gasteiger partial charge in [-0.1, -0.05) is 0 Å². The van der Waals surface area contributed by atoms with E-state index in [-0.39, 0.29) is 26.7 Å². The topological polar surface area (TPSA) is 51.2 Å². The van der Waals surface area contributed by atoms with Crippen molar-refractivity contribution in [3.05, 3.63) is 137 Å². The first-order chi connectivity index (χ1) is 17.9. The number of sulfone groups is 1. The van der Waals surface area contributed by atoms with Crippen LogP contribution in [0.3, 0.4) is 0 Å². The Kier molecular flexibility index (Phi) is 4.81. The molecule has 0 radical (unpaired) electrons. The van der Waals surface area contributed by atoms with Crippen LogP contribution >= 0.6 is 18.0 Å². The second kappa shape index (κ2) is 7.91. The molecule has 37 heavy (non-hydrogen) atoms. The molecule has 0 saturated carbocycles. The first kappa shape index (κ1) is 22.5. The van der Waals surface area contributed by atoms with Crippen LogP contribution in [0.1, 0.15) is 15.9 Å². The van der Waals surface area contributed by atoms with Crippen LogP contribution in [0.15, 0.2) is 125 Å². The zero-order valence-corrected chi connectivity index (χ0v) is 22.7. The molecule has 2 heterocycles. The van der Waals surface area contributed by atoms with Crippen LogP contribution in [-0.4, -0.2) is 18.7 Å². The van der Waals surface area contributed by atoms with Gasteiger partial charge in [0.25, 0.3) is 0 Å². The van der Waals surface area contributed by atoms with Crippen molar-refractivity contribution in [1.82, 2.24) is 0 Å². The van der Waals surface area contributed by atoms with Crippen molar-refractivity contribution in [2.24, 2.45) is 0 Å². The van der Waals surface area contributed by atoms with E-state index in [1.54, 1.807) is 36.4 Å². The van der Waals surface area contributed by atoms with E-state index in [1.165, 1.54) is 27.9 Å². The molecule has 5 heteroatoms. The van der Waals surface area contributed by atoms with E-state index in [0.717, 1.165) is 11.1 Å². The molecule has 3 nitrogen and oxygen atoms in total. The molecule has 0 spiro atoms. The van der Waals surface area contributed by atoms with Crippen molar-refractivity contribution in [2.75, 3.05) is 0 Å². The maximum absolute atomic E-state index is 13.3. The van der Waals surface area contributed by atoms with Gasteiger partial charge in [0, 0.05) is 0 Å². The van der Waals surface area contributed by atoms with Gasteiger partial charge >= 0.3 is 220 Å². The number of halogens is 1. The number of hydrogen-bond donors (Lipinski definition) is 0. The van der Waals surface area contributed by atoms with Crippen LogP contribution in [0.25, 0.3) is 22.3 Å². The minimum absolute atomic E-state index is 0.0712. The number of benzene rings is 5. The summed E-state index contributed by atoms with van der Waals surface area (Å²) in [4.78, 5) is 13.5. The van der Waals surface area contributed by atoms with Gasteiger partial charge in [-0.05, 0) is 0 Å². The molecule has 1 unspecified atom stereocenters. The van der Waals surface area contributed by atoms with Gasteiger partial charge in [-0.15, -0.1) is 0 Å². The molecule has 5 aromatic carbocycles. The Morgan fingerprint density at radius 1 is 0.541 bits per heavy atom. The Morgan fingerprint density at radius 3 is 1.89 bits per heavy atom. The van der Waals surface area contributed by atoms with Crippen LogP contribution < -0.4 is 0 Å². The van der Waals surface area contributed by atoms with E-state index in [4.69, 9.17) is 4.51 Å². The van der Waals surface area contributed by atoms with Crippen molar-refractivity contribution in [1.29, 1.82) is 0 Å². The molecule has 0 aromatic heterocycles. The fourth-order valence-corrected chi connectivity index (χ4v) is 15.2. The number of carbonyl (C=O) groups excluding carboxylic acids is 1. The molecule has 0 bridgehead atoms. The standard InChI is InChI=1S/C32H21IO3S/c1-33(23-9-3-2-4-10-23)28-13-7-5-11-24(28)26-19-21(15-17-29(26)33)22-16-18-31-27(20-22)32(34)25-12-6-8-14-30(25)37(31,35)36/h2-20H,1H2. The zero-order valence-electron chi connectivity index (χ0n) is 19.7. The fraction of sp³-hybridized carbons (Fsp3) is 0. The first-order valence-corrected chi connectivity index (χ1v) is 18.1. The quantitative estimate of drug-likeness (QED) is 0.196. The fourth-order valence-electron chi connectivity index (χ4n) is 5.40. The van der Waals surface area contributed by atoms with Crippen molar-refractivity contribution >= 4 is 38.1 Å². The number of carbonyl (C=O) groups is 1. The number of fused-ring (bicyclic) bond motifs is 5. The summed E-state index contributed by atoms with van der Waals surface area (Å²) in [6.45, 7) is 0. The Hall–Kier alpha value is -3.68. The molecule has 1 atom stereocenters. The summed E-state index contributed by atoms with van der Waals surface area (Å²) >= 11 is -2.96. The van der Waals surface area contributed by atoms with Gasteiger partial charge in [0.2, 0.25) is 0 Å². The van der Waals surface area contributed by atoms with Crippen molar-refractivity contribution in [3.8, 4) is 22.3 Å². The summed E-state index contributed by atoms with van der Waals surface area (Å²) in [5, 5.41) is 0. The molecule has 0 N–H and O–H groups in total. The monoisotopic (exact) mass is 612 g/mol. The molecular formula is C32H21IO3S. The predicted molar refractivity (Wildman–Crippen MR) is 156 cm³/mol. The molecule has 0 fully saturated rings. The summed E-state index contributed by atoms with van der Waals surface area (Å²) in [5.41, 5.74) is 4.59. The second-order valence-corrected chi connectivity index (χ2v) is 18.6. The van der Waals surface area contributed by atoms with Gasteiger partial charge in [-0.2, -0.15) is 0 Å². The molecular weight excluding hydrogens is 591 g/mol. The summed E-state index contributed by atoms with van der Waals surface area (Å²) in [7, 11) is -3.75. The first-order valence-electron chi connectivity index (χ1n) is 11.8. The molecule has 7 rings (SSSR count). The van der Waals surface area contributed by atoms with Gasteiger partial charge in [-0.3, -0.25) is 0 Å². The zero-order chi connectivity index (χ0) is 25.4. The molecule has 5 aromatic rings. The van der Waals surface area contributed by atoms with Gasteiger partial charge in [-0.25, -0.2) is 0 Å². The average molecular weight is 612 g/mol. The van der Waals surface area contributed by atoms with E-state index < -0.39 is 27.8 Å². The Morgan fingerprint density at radius 2 is 1.11 bits per heavy atom. The Bertz CT molecular complexity index is 1940. The van der Waals surface area contributed by atoms with Crippen LogP contribution in [-0.2, 0) is 9.84 Å². The van der Waals surface area contributed by atoms with Crippen molar-refractivity contribution in [2.45, 2.75) is 9.79 Å². The second-order valence-electron chi connectivity index (χ2n) is 9.19. The summed E-state index contributed by atoms with van der Waals surface area (Å²) in [6.07, 6.45) is 0. The van der Waals surface area contributed by atoms with E-state index >= 15 is 0 Å². The average Bonchev–Trinajstić information content (AvgIpc) is 3.21. The van der Waals surface area contributed by atoms with Crippen molar-refractivity contribution < 1.29 is 13.2 Å². The van der Waals surface area contributed by atoms with Crippen LogP contribution in [0, 0.1) is 10.7 Å². The van der Waals surface area contributed by atoms with Gasteiger partial charge in [0.05, 0.1) is 0 Å². The Balaban J connectivity index is 1.41. The van der Waals surface area contributed by atoms with Gasteiger partial charge < -0.3 is 0 Å². The molecule has 0 amide bonds. The van der Waals surface area contributed by atoms with E-state index in [2.05, 4.69) is 66.7 Å². The number of hydrogen-bond acceptors (Lipinski definition) is 3. The third-order valence-electron chi connectivity index (χ3n) is 7.20. The van der Waals surface area contributed by atoms with Crippen LogP contribution in [0.5, 0.6) is 0 Å². The summed E-state index contributed by atoms with van der Waals surface area (Å²) in [5.74, 6) is -0.260. The molecule has 0 aliphatic carbocycles. The molecule has 0 saturated heterocycles. The normalized spacial score (nSPS) is 20.2. The number of rotatable bonds is 2. The van der Waals surface area contributed by atoms with Crippen LogP contribution in [0.2, 0.25) is 0 Å². The predicted octanol–water partition coefficient (Wildman–Crippen LogP) is 7.09. The minimum atomic E-state index is -3.75. The van der Waals surface area contributed by atoms with E-state index in [9.17, 15) is 13.2 Å². The SMILES string of the molecule is C=I1(c2ccccc2)c2ccccc2-c2cc(-c3ccc4c(c3)C(=O)c3ccccc3S4(=O)=O)ccc21. The van der Waals surface area contributed by atoms with Crippen molar-refractivity contribution in [3.63, 3.8) is 0 Å². The summed E-state index contributed by atoms with van der Waals surface area (Å²) < 4.78 is 35.3. The number of ketones is 1.